The number of benzene rings is 2. The van der Waals surface area contributed by atoms with Crippen molar-refractivity contribution >= 4 is 17.7 Å². The SMILES string of the molecule is Cc1cc(Nc2ncn(-c3cc(F)cc(F)c3)n2)cc([C@@]2(C)CN(C)C(=O)O2)c1. The molecule has 0 bridgehead atoms. The first kappa shape index (κ1) is 18.9. The highest BCUT2D eigenvalue weighted by molar-refractivity contribution is 5.71. The van der Waals surface area contributed by atoms with Crippen LogP contribution in [0.1, 0.15) is 18.1 Å². The molecule has 1 fully saturated rings. The Hall–Kier alpha value is -3.49. The monoisotopic (exact) mass is 399 g/mol. The van der Waals surface area contributed by atoms with Crippen molar-refractivity contribution in [2.75, 3.05) is 18.9 Å². The van der Waals surface area contributed by atoms with Gasteiger partial charge in [0.1, 0.15) is 18.0 Å². The number of aromatic nitrogens is 3. The Labute approximate surface area is 165 Å². The molecule has 3 aromatic rings. The fourth-order valence-electron chi connectivity index (χ4n) is 3.38. The van der Waals surface area contributed by atoms with E-state index in [1.807, 2.05) is 32.0 Å². The van der Waals surface area contributed by atoms with Gasteiger partial charge in [-0.2, -0.15) is 4.98 Å². The number of carbonyl (C=O) groups excluding carboxylic acids is 1. The molecule has 1 aliphatic rings. The fourth-order valence-corrected chi connectivity index (χ4v) is 3.38. The summed E-state index contributed by atoms with van der Waals surface area (Å²) < 4.78 is 33.7. The van der Waals surface area contributed by atoms with Crippen molar-refractivity contribution in [3.63, 3.8) is 0 Å². The minimum Gasteiger partial charge on any atom is -0.436 e. The minimum atomic E-state index is -0.764. The van der Waals surface area contributed by atoms with Crippen molar-refractivity contribution in [1.82, 2.24) is 19.7 Å². The van der Waals surface area contributed by atoms with Gasteiger partial charge in [-0.1, -0.05) is 6.07 Å². The summed E-state index contributed by atoms with van der Waals surface area (Å²) >= 11 is 0. The molecule has 150 valence electrons. The number of halogens is 2. The number of aryl methyl sites for hydroxylation is 1. The van der Waals surface area contributed by atoms with Crippen molar-refractivity contribution in [3.05, 3.63) is 65.5 Å². The number of hydrogen-bond acceptors (Lipinski definition) is 5. The van der Waals surface area contributed by atoms with E-state index in [0.717, 1.165) is 29.3 Å². The minimum absolute atomic E-state index is 0.224. The van der Waals surface area contributed by atoms with Crippen molar-refractivity contribution in [2.45, 2.75) is 19.4 Å². The van der Waals surface area contributed by atoms with Crippen molar-refractivity contribution in [2.24, 2.45) is 0 Å². The summed E-state index contributed by atoms with van der Waals surface area (Å²) in [7, 11) is 1.69. The third kappa shape index (κ3) is 3.75. The zero-order valence-electron chi connectivity index (χ0n) is 16.1. The Balaban J connectivity index is 1.60. The topological polar surface area (TPSA) is 72.3 Å². The predicted octanol–water partition coefficient (Wildman–Crippen LogP) is 3.89. The lowest BCUT2D eigenvalue weighted by atomic mass is 9.94. The number of ether oxygens (including phenoxy) is 1. The average molecular weight is 399 g/mol. The van der Waals surface area contributed by atoms with Gasteiger partial charge in [0.2, 0.25) is 5.95 Å². The van der Waals surface area contributed by atoms with E-state index >= 15 is 0 Å². The normalized spacial score (nSPS) is 18.8. The molecule has 1 amide bonds. The molecular formula is C20H19F2N5O2. The molecule has 1 aromatic heterocycles. The first-order valence-corrected chi connectivity index (χ1v) is 8.93. The van der Waals surface area contributed by atoms with Gasteiger partial charge in [-0.3, -0.25) is 0 Å². The fraction of sp³-hybridized carbons (Fsp3) is 0.250. The van der Waals surface area contributed by atoms with Crippen molar-refractivity contribution in [3.8, 4) is 5.69 Å². The van der Waals surface area contributed by atoms with E-state index in [1.54, 1.807) is 7.05 Å². The molecule has 0 radical (unpaired) electrons. The first-order chi connectivity index (χ1) is 13.7. The number of cyclic esters (lactones) is 1. The van der Waals surface area contributed by atoms with E-state index in [9.17, 15) is 13.6 Å². The van der Waals surface area contributed by atoms with Gasteiger partial charge in [0.15, 0.2) is 5.60 Å². The Bertz CT molecular complexity index is 1080. The Morgan fingerprint density at radius 3 is 2.52 bits per heavy atom. The number of rotatable bonds is 4. The highest BCUT2D eigenvalue weighted by Gasteiger charge is 2.41. The number of nitrogens with zero attached hydrogens (tertiary/aromatic N) is 4. The molecule has 1 N–H and O–H groups in total. The largest absolute Gasteiger partial charge is 0.436 e. The molecular weight excluding hydrogens is 380 g/mol. The summed E-state index contributed by atoms with van der Waals surface area (Å²) in [6, 6.07) is 8.84. The van der Waals surface area contributed by atoms with E-state index in [1.165, 1.54) is 15.9 Å². The lowest BCUT2D eigenvalue weighted by molar-refractivity contribution is 0.0701. The van der Waals surface area contributed by atoms with E-state index in [-0.39, 0.29) is 17.7 Å². The second kappa shape index (κ2) is 6.84. The molecule has 0 aliphatic carbocycles. The van der Waals surface area contributed by atoms with Crippen LogP contribution in [0.25, 0.3) is 5.69 Å². The number of amides is 1. The Morgan fingerprint density at radius 1 is 1.14 bits per heavy atom. The summed E-state index contributed by atoms with van der Waals surface area (Å²) in [5, 5.41) is 7.31. The van der Waals surface area contributed by atoms with E-state index in [2.05, 4.69) is 15.4 Å². The van der Waals surface area contributed by atoms with Crippen LogP contribution in [0.15, 0.2) is 42.7 Å². The predicted molar refractivity (Wildman–Crippen MR) is 102 cm³/mol. The first-order valence-electron chi connectivity index (χ1n) is 8.93. The highest BCUT2D eigenvalue weighted by atomic mass is 19.1. The quantitative estimate of drug-likeness (QED) is 0.721. The van der Waals surface area contributed by atoms with Gasteiger partial charge in [0.25, 0.3) is 0 Å². The summed E-state index contributed by atoms with van der Waals surface area (Å²) in [6.45, 7) is 4.23. The summed E-state index contributed by atoms with van der Waals surface area (Å²) in [6.07, 6.45) is 0.994. The summed E-state index contributed by atoms with van der Waals surface area (Å²) in [5.41, 5.74) is 1.96. The van der Waals surface area contributed by atoms with Crippen LogP contribution in [0.2, 0.25) is 0 Å². The van der Waals surface area contributed by atoms with Gasteiger partial charge < -0.3 is 15.0 Å². The number of hydrogen-bond donors (Lipinski definition) is 1. The van der Waals surface area contributed by atoms with Gasteiger partial charge in [-0.05, 0) is 49.2 Å². The molecule has 0 saturated carbocycles. The molecule has 0 unspecified atom stereocenters. The standard InChI is InChI=1S/C20H19F2N5O2/c1-12-4-13(20(2)10-26(3)19(28)29-20)6-16(5-12)24-18-23-11-27(25-18)17-8-14(21)7-15(22)9-17/h4-9,11H,10H2,1-3H3,(H,24,25)/t20-/m1/s1. The van der Waals surface area contributed by atoms with E-state index < -0.39 is 17.2 Å². The Kier molecular flexibility index (Phi) is 4.45. The van der Waals surface area contributed by atoms with Gasteiger partial charge >= 0.3 is 6.09 Å². The zero-order chi connectivity index (χ0) is 20.8. The number of carbonyl (C=O) groups is 1. The smallest absolute Gasteiger partial charge is 0.410 e. The highest BCUT2D eigenvalue weighted by Crippen LogP contribution is 2.34. The third-order valence-electron chi connectivity index (χ3n) is 4.71. The maximum atomic E-state index is 13.4. The number of anilines is 2. The van der Waals surface area contributed by atoms with Crippen LogP contribution in [0.3, 0.4) is 0 Å². The molecule has 29 heavy (non-hydrogen) atoms. The molecule has 2 heterocycles. The second-order valence-corrected chi connectivity index (χ2v) is 7.31. The molecule has 1 saturated heterocycles. The lowest BCUT2D eigenvalue weighted by Gasteiger charge is -2.23. The zero-order valence-corrected chi connectivity index (χ0v) is 16.1. The van der Waals surface area contributed by atoms with E-state index in [4.69, 9.17) is 4.74 Å². The van der Waals surface area contributed by atoms with Crippen LogP contribution in [0, 0.1) is 18.6 Å². The molecule has 2 aromatic carbocycles. The molecule has 0 spiro atoms. The maximum absolute atomic E-state index is 13.4. The average Bonchev–Trinajstić information content (AvgIpc) is 3.18. The van der Waals surface area contributed by atoms with Gasteiger partial charge in [-0.15, -0.1) is 5.10 Å². The van der Waals surface area contributed by atoms with Gasteiger partial charge in [0.05, 0.1) is 12.2 Å². The Morgan fingerprint density at radius 2 is 1.86 bits per heavy atom. The number of likely N-dealkylation sites (N-methyl/N-ethyl adjacent to an activating group) is 1. The van der Waals surface area contributed by atoms with Crippen LogP contribution < -0.4 is 5.32 Å². The summed E-state index contributed by atoms with van der Waals surface area (Å²) in [5.74, 6) is -1.13. The van der Waals surface area contributed by atoms with Crippen molar-refractivity contribution < 1.29 is 18.3 Å². The van der Waals surface area contributed by atoms with Crippen LogP contribution in [-0.4, -0.2) is 39.4 Å². The number of nitrogens with one attached hydrogen (secondary N) is 1. The van der Waals surface area contributed by atoms with Crippen LogP contribution in [-0.2, 0) is 10.3 Å². The van der Waals surface area contributed by atoms with Gasteiger partial charge in [-0.25, -0.2) is 18.3 Å². The maximum Gasteiger partial charge on any atom is 0.410 e. The second-order valence-electron chi connectivity index (χ2n) is 7.31. The van der Waals surface area contributed by atoms with Crippen LogP contribution in [0.5, 0.6) is 0 Å². The molecule has 1 atom stereocenters. The summed E-state index contributed by atoms with van der Waals surface area (Å²) in [4.78, 5) is 17.5. The van der Waals surface area contributed by atoms with E-state index in [0.29, 0.717) is 12.2 Å². The molecule has 4 rings (SSSR count). The van der Waals surface area contributed by atoms with Gasteiger partial charge in [0, 0.05) is 18.8 Å². The van der Waals surface area contributed by atoms with Crippen LogP contribution in [0.4, 0.5) is 25.2 Å². The lowest BCUT2D eigenvalue weighted by Crippen LogP contribution is -2.27. The third-order valence-corrected chi connectivity index (χ3v) is 4.71. The molecule has 9 heteroatoms. The van der Waals surface area contributed by atoms with Crippen molar-refractivity contribution in [1.29, 1.82) is 0 Å². The molecule has 1 aliphatic heterocycles. The molecule has 7 nitrogen and oxygen atoms in total. The van der Waals surface area contributed by atoms with Crippen LogP contribution >= 0.6 is 0 Å².